The summed E-state index contributed by atoms with van der Waals surface area (Å²) < 4.78 is 43.2. The Labute approximate surface area is 780 Å². The highest BCUT2D eigenvalue weighted by molar-refractivity contribution is 6.79. The summed E-state index contributed by atoms with van der Waals surface area (Å²) >= 11 is 0. The van der Waals surface area contributed by atoms with Crippen molar-refractivity contribution < 1.29 is 27.5 Å². The van der Waals surface area contributed by atoms with Gasteiger partial charge in [-0.05, 0) is 179 Å². The summed E-state index contributed by atoms with van der Waals surface area (Å²) in [5, 5.41) is 9.53. The molecule has 0 amide bonds. The number of nitrogens with zero attached hydrogens (tertiary/aromatic N) is 10. The maximum absolute atomic E-state index is 6.63. The summed E-state index contributed by atoms with van der Waals surface area (Å²) in [5.41, 5.74) is 37.3. The van der Waals surface area contributed by atoms with Crippen LogP contribution in [0, 0.1) is 0 Å². The van der Waals surface area contributed by atoms with Crippen molar-refractivity contribution in [2.75, 3.05) is 19.2 Å². The van der Waals surface area contributed by atoms with Gasteiger partial charge in [0, 0.05) is 182 Å². The molecule has 24 aromatic rings. The predicted molar refractivity (Wildman–Crippen MR) is 551 cm³/mol. The second-order valence-electron chi connectivity index (χ2n) is 35.2. The molecule has 8 aromatic heterocycles. The Bertz CT molecular complexity index is 9050. The van der Waals surface area contributed by atoms with Crippen LogP contribution in [-0.2, 0) is 0 Å². The third-order valence-electron chi connectivity index (χ3n) is 28.1. The van der Waals surface area contributed by atoms with Crippen molar-refractivity contribution in [3.05, 3.63) is 426 Å². The molecule has 32 rings (SSSR count). The number of rotatable bonds is 4. The molecule has 0 aliphatic carbocycles. The molecule has 20 heteroatoms. The van der Waals surface area contributed by atoms with Gasteiger partial charge in [0.2, 0.25) is 0 Å². The van der Waals surface area contributed by atoms with E-state index in [0.717, 1.165) is 179 Å². The topological polar surface area (TPSA) is 138 Å². The van der Waals surface area contributed by atoms with Gasteiger partial charge in [-0.1, -0.05) is 224 Å². The SMILES string of the molecule is c1ccc2c(c1)-c1ccncc1B1Oc3cc(-n4c5ccccc5c5ccccc54)ccc3N12.c1ccc2c(c1)-c1ccncc1B1Oc3ccc(-n4c5ccccc5c5ccccc54)cc3N12.c1ccc2c(c1)OB1c3cnc(-c4cccc5c4oc4ccccc45)cc3-c3ccccc3N12.c1ccc2c(c1)OB1c3cnccc3-c3cc(-c4cccc5c4oc4ccccc45)ccc3N12. The van der Waals surface area contributed by atoms with Gasteiger partial charge in [-0.2, -0.15) is 0 Å². The fourth-order valence-electron chi connectivity index (χ4n) is 22.2. The molecule has 16 heterocycles. The third kappa shape index (κ3) is 11.3. The molecule has 0 unspecified atom stereocenters. The van der Waals surface area contributed by atoms with Gasteiger partial charge in [-0.15, -0.1) is 0 Å². The number of hydrogen-bond donors (Lipinski definition) is 0. The molecule has 0 bridgehead atoms. The molecule has 632 valence electrons. The minimum Gasteiger partial charge on any atom is -0.536 e. The van der Waals surface area contributed by atoms with E-state index >= 15 is 0 Å². The lowest BCUT2D eigenvalue weighted by Crippen LogP contribution is -2.50. The lowest BCUT2D eigenvalue weighted by molar-refractivity contribution is 0.602. The van der Waals surface area contributed by atoms with Crippen LogP contribution in [0.25, 0.3) is 166 Å². The fourth-order valence-corrected chi connectivity index (χ4v) is 22.2. The van der Waals surface area contributed by atoms with Crippen LogP contribution < -0.4 is 59.7 Å². The lowest BCUT2D eigenvalue weighted by atomic mass is 9.65. The Morgan fingerprint density at radius 2 is 0.566 bits per heavy atom. The molecule has 16 aromatic carbocycles. The first kappa shape index (κ1) is 75.8. The summed E-state index contributed by atoms with van der Waals surface area (Å²) in [6.07, 6.45) is 13.3. The third-order valence-corrected chi connectivity index (χ3v) is 28.1. The number of hydrogen-bond acceptors (Lipinski definition) is 14. The number of anilines is 8. The van der Waals surface area contributed by atoms with Gasteiger partial charge in [0.15, 0.2) is 0 Å². The Hall–Kier alpha value is -18.0. The summed E-state index contributed by atoms with van der Waals surface area (Å²) in [6.45, 7) is 0. The first-order valence-electron chi connectivity index (χ1n) is 45.8. The van der Waals surface area contributed by atoms with Crippen LogP contribution in [0.15, 0.2) is 434 Å². The lowest BCUT2D eigenvalue weighted by Gasteiger charge is -2.31. The average Bonchev–Trinajstić information content (AvgIpc) is 1.58. The van der Waals surface area contributed by atoms with Gasteiger partial charge < -0.3 is 55.8 Å². The smallest absolute Gasteiger partial charge is 0.526 e. The first-order chi connectivity index (χ1) is 67.5. The zero-order valence-corrected chi connectivity index (χ0v) is 72.6. The molecule has 0 saturated carbocycles. The van der Waals surface area contributed by atoms with E-state index in [2.05, 4.69) is 371 Å². The Balaban J connectivity index is 0.0000000879. The van der Waals surface area contributed by atoms with Crippen LogP contribution in [0.3, 0.4) is 0 Å². The van der Waals surface area contributed by atoms with E-state index in [9.17, 15) is 0 Å². The van der Waals surface area contributed by atoms with E-state index < -0.39 is 0 Å². The highest BCUT2D eigenvalue weighted by Gasteiger charge is 2.50. The summed E-state index contributed by atoms with van der Waals surface area (Å²) in [5.74, 6) is 3.56. The van der Waals surface area contributed by atoms with Crippen molar-refractivity contribution in [3.8, 4) is 101 Å². The molecule has 16 nitrogen and oxygen atoms in total. The van der Waals surface area contributed by atoms with Gasteiger partial charge in [0.25, 0.3) is 0 Å². The molecular formula is C116H70B4N10O6. The molecular weight excluding hydrogens is 1670 g/mol. The highest BCUT2D eigenvalue weighted by Crippen LogP contribution is 2.55. The van der Waals surface area contributed by atoms with E-state index in [1.807, 2.05) is 98.0 Å². The molecule has 0 N–H and O–H groups in total. The predicted octanol–water partition coefficient (Wildman–Crippen LogP) is 25.3. The monoisotopic (exact) mass is 1740 g/mol. The van der Waals surface area contributed by atoms with Gasteiger partial charge in [-0.25, -0.2) is 0 Å². The van der Waals surface area contributed by atoms with Crippen molar-refractivity contribution in [2.24, 2.45) is 0 Å². The van der Waals surface area contributed by atoms with E-state index in [4.69, 9.17) is 32.4 Å². The standard InChI is InChI=1S/2C29H18BN3O.2C29H17BN2O2/c1-4-10-25-22(8-1)23-9-2-5-11-26(23)32(25)19-13-14-29-28(17-19)33-27-12-6-3-7-21(27)20-15-16-31-18-24(20)30(33)34-29;1-4-10-25-22(8-1)23-9-2-5-11-26(23)32(25)19-13-14-28-29(17-19)34-30-24-18-31-16-15-20(24)21-7-3-6-12-27(21)33(28)30;1-3-12-25-18(8-1)22-16-24(21-11-7-10-20-19-9-2-5-14-27(19)33-29(20)21)31-17-23(22)30-32(25)26-13-4-6-15-28(26)34-30;1-3-10-27-21(6-1)22-8-5-7-19(29(22)33-27)18-12-13-25-23(16-18)20-14-15-31-17-24(20)30-32(25)26-9-2-4-11-28(26)34-30/h2*1-18H;2*1-17H. The normalized spacial score (nSPS) is 13.4. The maximum atomic E-state index is 6.63. The van der Waals surface area contributed by atoms with Crippen LogP contribution >= 0.6 is 0 Å². The molecule has 8 aliphatic heterocycles. The van der Waals surface area contributed by atoms with Crippen molar-refractivity contribution in [3.63, 3.8) is 0 Å². The van der Waals surface area contributed by atoms with Crippen molar-refractivity contribution >= 4 is 183 Å². The Morgan fingerprint density at radius 3 is 1.08 bits per heavy atom. The minimum atomic E-state index is -0.231. The Morgan fingerprint density at radius 1 is 0.213 bits per heavy atom. The fraction of sp³-hybridized carbons (Fsp3) is 0. The summed E-state index contributed by atoms with van der Waals surface area (Å²) in [7, 11) is -0.881. The van der Waals surface area contributed by atoms with Gasteiger partial charge >= 0.3 is 28.2 Å². The molecule has 0 atom stereocenters. The number of para-hydroxylation sites is 15. The highest BCUT2D eigenvalue weighted by atomic mass is 16.5. The largest absolute Gasteiger partial charge is 0.536 e. The van der Waals surface area contributed by atoms with Gasteiger partial charge in [-0.3, -0.25) is 19.9 Å². The molecule has 0 saturated heterocycles. The van der Waals surface area contributed by atoms with Crippen LogP contribution in [0.2, 0.25) is 0 Å². The van der Waals surface area contributed by atoms with E-state index in [0.29, 0.717) is 0 Å². The summed E-state index contributed by atoms with van der Waals surface area (Å²) in [6, 6.07) is 134. The van der Waals surface area contributed by atoms with E-state index in [1.165, 1.54) is 77.0 Å². The van der Waals surface area contributed by atoms with Crippen molar-refractivity contribution in [1.29, 1.82) is 0 Å². The van der Waals surface area contributed by atoms with Crippen LogP contribution in [0.5, 0.6) is 23.0 Å². The average molecular weight is 1740 g/mol. The van der Waals surface area contributed by atoms with Gasteiger partial charge in [0.05, 0.1) is 50.5 Å². The van der Waals surface area contributed by atoms with E-state index in [1.54, 1.807) is 0 Å². The number of furan rings is 2. The maximum Gasteiger partial charge on any atom is 0.526 e. The second-order valence-corrected chi connectivity index (χ2v) is 35.2. The van der Waals surface area contributed by atoms with Gasteiger partial charge in [0.1, 0.15) is 45.3 Å². The molecule has 0 radical (unpaired) electrons. The van der Waals surface area contributed by atoms with Crippen molar-refractivity contribution in [1.82, 2.24) is 29.1 Å². The Kier molecular flexibility index (Phi) is 16.6. The van der Waals surface area contributed by atoms with Crippen molar-refractivity contribution in [2.45, 2.75) is 0 Å². The summed E-state index contributed by atoms with van der Waals surface area (Å²) in [4.78, 5) is 27.3. The number of aromatic nitrogens is 6. The minimum absolute atomic E-state index is 0.210. The molecule has 0 fully saturated rings. The molecule has 8 aliphatic rings. The zero-order valence-electron chi connectivity index (χ0n) is 72.6. The zero-order chi connectivity index (χ0) is 88.9. The quantitative estimate of drug-likeness (QED) is 0.155. The number of fused-ring (bicyclic) bond motifs is 44. The molecule has 136 heavy (non-hydrogen) atoms. The van der Waals surface area contributed by atoms with Crippen LogP contribution in [0.4, 0.5) is 45.5 Å². The first-order valence-corrected chi connectivity index (χ1v) is 45.8. The number of pyridine rings is 4. The van der Waals surface area contributed by atoms with Crippen LogP contribution in [-0.4, -0.2) is 57.3 Å². The van der Waals surface area contributed by atoms with E-state index in [-0.39, 0.29) is 28.2 Å². The number of benzene rings is 16. The van der Waals surface area contributed by atoms with Crippen LogP contribution in [0.1, 0.15) is 0 Å². The molecule has 0 spiro atoms. The second kappa shape index (κ2) is 29.8.